The van der Waals surface area contributed by atoms with Crippen LogP contribution in [0.25, 0.3) is 27.7 Å². The van der Waals surface area contributed by atoms with E-state index in [0.717, 1.165) is 51.5 Å². The van der Waals surface area contributed by atoms with Gasteiger partial charge in [0.1, 0.15) is 29.3 Å². The molecule has 4 aromatic rings. The SMILES string of the molecule is C=C1c2c(-c3ccc(Oc4ccccc4)cc3)c3c(N)ncnc3n2C[C@@H]1CC#CCN. The molecule has 0 saturated carbocycles. The number of anilines is 1. The molecule has 32 heavy (non-hydrogen) atoms. The maximum Gasteiger partial charge on any atom is 0.146 e. The van der Waals surface area contributed by atoms with E-state index in [1.165, 1.54) is 6.33 Å². The number of benzene rings is 2. The number of aromatic nitrogens is 3. The van der Waals surface area contributed by atoms with Gasteiger partial charge in [0.2, 0.25) is 0 Å². The van der Waals surface area contributed by atoms with Gasteiger partial charge in [0, 0.05) is 24.4 Å². The van der Waals surface area contributed by atoms with Gasteiger partial charge in [0.05, 0.1) is 17.6 Å². The number of para-hydroxylation sites is 1. The van der Waals surface area contributed by atoms with Crippen LogP contribution in [0.5, 0.6) is 11.5 Å². The second-order valence-electron chi connectivity index (χ2n) is 7.72. The first kappa shape index (κ1) is 19.9. The second kappa shape index (κ2) is 8.22. The fraction of sp³-hybridized carbons (Fsp3) is 0.154. The topological polar surface area (TPSA) is 92.0 Å². The van der Waals surface area contributed by atoms with Crippen LogP contribution in [0.4, 0.5) is 5.82 Å². The van der Waals surface area contributed by atoms with E-state index in [9.17, 15) is 0 Å². The van der Waals surface area contributed by atoms with E-state index >= 15 is 0 Å². The zero-order chi connectivity index (χ0) is 22.1. The van der Waals surface area contributed by atoms with Crippen molar-refractivity contribution in [1.29, 1.82) is 0 Å². The van der Waals surface area contributed by atoms with E-state index in [1.807, 2.05) is 54.6 Å². The molecule has 5 rings (SSSR count). The summed E-state index contributed by atoms with van der Waals surface area (Å²) < 4.78 is 8.14. The Labute approximate surface area is 186 Å². The molecule has 4 N–H and O–H groups in total. The van der Waals surface area contributed by atoms with Crippen molar-refractivity contribution in [2.24, 2.45) is 11.7 Å². The van der Waals surface area contributed by atoms with Gasteiger partial charge >= 0.3 is 0 Å². The van der Waals surface area contributed by atoms with Gasteiger partial charge in [-0.05, 0) is 35.4 Å². The van der Waals surface area contributed by atoms with E-state index in [0.29, 0.717) is 18.8 Å². The molecule has 1 aliphatic heterocycles. The van der Waals surface area contributed by atoms with Crippen LogP contribution in [-0.4, -0.2) is 21.1 Å². The highest BCUT2D eigenvalue weighted by atomic mass is 16.5. The Morgan fingerprint density at radius 1 is 1.03 bits per heavy atom. The zero-order valence-electron chi connectivity index (χ0n) is 17.6. The molecule has 0 fully saturated rings. The molecule has 1 atom stereocenters. The molecule has 0 unspecified atom stereocenters. The van der Waals surface area contributed by atoms with Gasteiger partial charge in [-0.15, -0.1) is 5.92 Å². The van der Waals surface area contributed by atoms with Crippen molar-refractivity contribution in [3.05, 3.63) is 73.2 Å². The summed E-state index contributed by atoms with van der Waals surface area (Å²) >= 11 is 0. The molecule has 0 saturated heterocycles. The number of allylic oxidation sites excluding steroid dienone is 1. The first-order chi connectivity index (χ1) is 15.7. The predicted molar refractivity (Wildman–Crippen MR) is 128 cm³/mol. The molecule has 0 spiro atoms. The van der Waals surface area contributed by atoms with Gasteiger partial charge in [-0.2, -0.15) is 0 Å². The van der Waals surface area contributed by atoms with Crippen molar-refractivity contribution in [2.75, 3.05) is 12.3 Å². The van der Waals surface area contributed by atoms with Gasteiger partial charge in [0.15, 0.2) is 0 Å². The summed E-state index contributed by atoms with van der Waals surface area (Å²) in [6.07, 6.45) is 2.22. The van der Waals surface area contributed by atoms with Crippen LogP contribution in [0.3, 0.4) is 0 Å². The third kappa shape index (κ3) is 3.39. The molecule has 6 heteroatoms. The van der Waals surface area contributed by atoms with Crippen LogP contribution in [-0.2, 0) is 6.54 Å². The first-order valence-electron chi connectivity index (χ1n) is 10.5. The van der Waals surface area contributed by atoms with Crippen LogP contribution in [0, 0.1) is 17.8 Å². The van der Waals surface area contributed by atoms with Crippen molar-refractivity contribution in [3.8, 4) is 34.5 Å². The molecule has 0 bridgehead atoms. The summed E-state index contributed by atoms with van der Waals surface area (Å²) in [5.41, 5.74) is 16.8. The van der Waals surface area contributed by atoms with Crippen molar-refractivity contribution >= 4 is 22.4 Å². The lowest BCUT2D eigenvalue weighted by atomic mass is 9.93. The Morgan fingerprint density at radius 3 is 2.53 bits per heavy atom. The maximum absolute atomic E-state index is 6.31. The molecule has 2 aromatic carbocycles. The smallest absolute Gasteiger partial charge is 0.146 e. The number of nitrogens with zero attached hydrogens (tertiary/aromatic N) is 3. The van der Waals surface area contributed by atoms with Crippen LogP contribution < -0.4 is 16.2 Å². The Hall–Kier alpha value is -4.08. The quantitative estimate of drug-likeness (QED) is 0.475. The second-order valence-corrected chi connectivity index (χ2v) is 7.72. The summed E-state index contributed by atoms with van der Waals surface area (Å²) in [4.78, 5) is 8.80. The Bertz CT molecular complexity index is 1360. The molecule has 158 valence electrons. The maximum atomic E-state index is 6.31. The van der Waals surface area contributed by atoms with Gasteiger partial charge in [-0.3, -0.25) is 0 Å². The average Bonchev–Trinajstić information content (AvgIpc) is 3.31. The van der Waals surface area contributed by atoms with E-state index in [4.69, 9.17) is 16.2 Å². The minimum atomic E-state index is 0.212. The van der Waals surface area contributed by atoms with Crippen molar-refractivity contribution in [1.82, 2.24) is 14.5 Å². The minimum absolute atomic E-state index is 0.212. The number of nitrogens with two attached hydrogens (primary N) is 2. The van der Waals surface area contributed by atoms with Crippen molar-refractivity contribution in [2.45, 2.75) is 13.0 Å². The fourth-order valence-corrected chi connectivity index (χ4v) is 4.28. The number of ether oxygens (including phenoxy) is 1. The van der Waals surface area contributed by atoms with Crippen molar-refractivity contribution in [3.63, 3.8) is 0 Å². The summed E-state index contributed by atoms with van der Waals surface area (Å²) in [7, 11) is 0. The third-order valence-corrected chi connectivity index (χ3v) is 5.77. The average molecular weight is 422 g/mol. The standard InChI is InChI=1S/C26H23N5O/c1-17-19(7-5-6-14-27)15-31-24(17)22(23-25(28)29-16-30-26(23)31)18-10-12-21(13-11-18)32-20-8-3-2-4-9-20/h2-4,8-13,16,19H,1,7,14-15,27H2,(H2,28,29,30)/t19-/m0/s1. The van der Waals surface area contributed by atoms with E-state index in [-0.39, 0.29) is 5.92 Å². The zero-order valence-corrected chi connectivity index (χ0v) is 17.6. The summed E-state index contributed by atoms with van der Waals surface area (Å²) in [6.45, 7) is 5.53. The van der Waals surface area contributed by atoms with Crippen LogP contribution in [0.1, 0.15) is 12.1 Å². The molecule has 3 heterocycles. The molecule has 0 radical (unpaired) electrons. The number of hydrogen-bond acceptors (Lipinski definition) is 5. The van der Waals surface area contributed by atoms with E-state index in [2.05, 4.69) is 33.0 Å². The Morgan fingerprint density at radius 2 is 1.78 bits per heavy atom. The number of fused-ring (bicyclic) bond motifs is 3. The molecule has 0 aliphatic carbocycles. The van der Waals surface area contributed by atoms with Gasteiger partial charge < -0.3 is 20.8 Å². The minimum Gasteiger partial charge on any atom is -0.457 e. The molecule has 1 aliphatic rings. The molecular formula is C26H23N5O. The lowest BCUT2D eigenvalue weighted by Crippen LogP contribution is -2.03. The van der Waals surface area contributed by atoms with E-state index < -0.39 is 0 Å². The van der Waals surface area contributed by atoms with Crippen LogP contribution in [0.2, 0.25) is 0 Å². The normalized spacial score (nSPS) is 14.8. The van der Waals surface area contributed by atoms with E-state index in [1.54, 1.807) is 0 Å². The molecule has 2 aromatic heterocycles. The predicted octanol–water partition coefficient (Wildman–Crippen LogP) is 4.47. The first-order valence-corrected chi connectivity index (χ1v) is 10.5. The highest BCUT2D eigenvalue weighted by molar-refractivity contribution is 6.06. The summed E-state index contributed by atoms with van der Waals surface area (Å²) in [6, 6.07) is 17.7. The number of nitrogen functional groups attached to an aromatic ring is 1. The van der Waals surface area contributed by atoms with Gasteiger partial charge in [0.25, 0.3) is 0 Å². The van der Waals surface area contributed by atoms with Crippen LogP contribution in [0.15, 0.2) is 67.5 Å². The number of hydrogen-bond donors (Lipinski definition) is 2. The molecule has 0 amide bonds. The van der Waals surface area contributed by atoms with Gasteiger partial charge in [-0.25, -0.2) is 9.97 Å². The van der Waals surface area contributed by atoms with Crippen molar-refractivity contribution < 1.29 is 4.74 Å². The highest BCUT2D eigenvalue weighted by Crippen LogP contribution is 2.46. The Balaban J connectivity index is 1.57. The number of rotatable bonds is 4. The third-order valence-electron chi connectivity index (χ3n) is 5.77. The summed E-state index contributed by atoms with van der Waals surface area (Å²) in [5, 5.41) is 0.854. The molecular weight excluding hydrogens is 398 g/mol. The lowest BCUT2D eigenvalue weighted by molar-refractivity contribution is 0.483. The molecule has 6 nitrogen and oxygen atoms in total. The summed E-state index contributed by atoms with van der Waals surface area (Å²) in [5.74, 6) is 8.34. The van der Waals surface area contributed by atoms with Gasteiger partial charge in [-0.1, -0.05) is 42.8 Å². The largest absolute Gasteiger partial charge is 0.457 e. The highest BCUT2D eigenvalue weighted by Gasteiger charge is 2.32. The van der Waals surface area contributed by atoms with Crippen LogP contribution >= 0.6 is 0 Å². The Kier molecular flexibility index (Phi) is 5.10. The fourth-order valence-electron chi connectivity index (χ4n) is 4.28. The monoisotopic (exact) mass is 421 g/mol. The lowest BCUT2D eigenvalue weighted by Gasteiger charge is -2.11.